The predicted octanol–water partition coefficient (Wildman–Crippen LogP) is 3.65. The Labute approximate surface area is 156 Å². The summed E-state index contributed by atoms with van der Waals surface area (Å²) >= 11 is 3.29. The van der Waals surface area contributed by atoms with Crippen LogP contribution in [0.25, 0.3) is 0 Å². The van der Waals surface area contributed by atoms with Crippen LogP contribution < -0.4 is 5.32 Å². The van der Waals surface area contributed by atoms with E-state index in [4.69, 9.17) is 4.74 Å². The quantitative estimate of drug-likeness (QED) is 0.820. The predicted molar refractivity (Wildman–Crippen MR) is 96.8 cm³/mol. The smallest absolute Gasteiger partial charge is 0.407 e. The molecule has 1 aliphatic rings. The third-order valence-electron chi connectivity index (χ3n) is 3.84. The van der Waals surface area contributed by atoms with Crippen molar-refractivity contribution >= 4 is 27.9 Å². The summed E-state index contributed by atoms with van der Waals surface area (Å²) in [6.07, 6.45) is 1.09. The van der Waals surface area contributed by atoms with E-state index in [1.165, 1.54) is 6.07 Å². The van der Waals surface area contributed by atoms with Crippen LogP contribution in [0.5, 0.6) is 0 Å². The maximum atomic E-state index is 13.8. The lowest BCUT2D eigenvalue weighted by Crippen LogP contribution is -2.50. The van der Waals surface area contributed by atoms with Crippen molar-refractivity contribution in [3.8, 4) is 0 Å². The van der Waals surface area contributed by atoms with Gasteiger partial charge in [0.15, 0.2) is 0 Å². The molecule has 1 fully saturated rings. The third-order valence-corrected chi connectivity index (χ3v) is 4.34. The number of benzene rings is 1. The van der Waals surface area contributed by atoms with Crippen molar-refractivity contribution in [1.82, 2.24) is 10.2 Å². The molecule has 1 aliphatic heterocycles. The largest absolute Gasteiger partial charge is 0.444 e. The molecule has 1 aromatic rings. The molecule has 0 radical (unpaired) electrons. The van der Waals surface area contributed by atoms with E-state index in [2.05, 4.69) is 21.2 Å². The lowest BCUT2D eigenvalue weighted by molar-refractivity contribution is -0.131. The van der Waals surface area contributed by atoms with Gasteiger partial charge in [0.05, 0.1) is 6.42 Å². The van der Waals surface area contributed by atoms with Gasteiger partial charge in [-0.3, -0.25) is 4.79 Å². The molecule has 0 aliphatic carbocycles. The molecule has 25 heavy (non-hydrogen) atoms. The number of carbonyl (C=O) groups excluding carboxylic acids is 2. The number of nitrogens with one attached hydrogen (secondary N) is 1. The van der Waals surface area contributed by atoms with E-state index in [1.54, 1.807) is 37.8 Å². The highest BCUT2D eigenvalue weighted by Crippen LogP contribution is 2.18. The summed E-state index contributed by atoms with van der Waals surface area (Å²) < 4.78 is 19.8. The monoisotopic (exact) mass is 414 g/mol. The van der Waals surface area contributed by atoms with Gasteiger partial charge in [0.2, 0.25) is 5.91 Å². The first kappa shape index (κ1) is 19.7. The zero-order chi connectivity index (χ0) is 18.6. The first-order valence-corrected chi connectivity index (χ1v) is 9.14. The van der Waals surface area contributed by atoms with E-state index >= 15 is 0 Å². The normalized spacial score (nSPS) is 18.0. The molecule has 1 saturated heterocycles. The Morgan fingerprint density at radius 1 is 1.40 bits per heavy atom. The molecule has 5 nitrogen and oxygen atoms in total. The summed E-state index contributed by atoms with van der Waals surface area (Å²) in [5, 5.41) is 2.81. The summed E-state index contributed by atoms with van der Waals surface area (Å²) in [7, 11) is 0. The van der Waals surface area contributed by atoms with E-state index in [0.717, 1.165) is 17.3 Å². The molecule has 0 saturated carbocycles. The Bertz CT molecular complexity index is 646. The highest BCUT2D eigenvalue weighted by Gasteiger charge is 2.27. The topological polar surface area (TPSA) is 58.6 Å². The number of hydrogen-bond acceptors (Lipinski definition) is 3. The van der Waals surface area contributed by atoms with Crippen molar-refractivity contribution < 1.29 is 18.7 Å². The summed E-state index contributed by atoms with van der Waals surface area (Å²) in [6.45, 7) is 6.43. The van der Waals surface area contributed by atoms with Gasteiger partial charge in [0, 0.05) is 23.6 Å². The summed E-state index contributed by atoms with van der Waals surface area (Å²) in [5.74, 6) is -0.537. The van der Waals surface area contributed by atoms with Gasteiger partial charge in [-0.2, -0.15) is 0 Å². The van der Waals surface area contributed by atoms with Gasteiger partial charge in [-0.25, -0.2) is 9.18 Å². The van der Waals surface area contributed by atoms with Crippen molar-refractivity contribution in [1.29, 1.82) is 0 Å². The second-order valence-corrected chi connectivity index (χ2v) is 8.15. The van der Waals surface area contributed by atoms with Crippen molar-refractivity contribution in [2.45, 2.75) is 51.7 Å². The van der Waals surface area contributed by atoms with Gasteiger partial charge in [-0.05, 0) is 57.4 Å². The maximum Gasteiger partial charge on any atom is 0.407 e. The number of amides is 2. The fraction of sp³-hybridized carbons (Fsp3) is 0.556. The molecular formula is C18H24BrFN2O3. The molecule has 1 atom stereocenters. The number of carbonyl (C=O) groups is 2. The van der Waals surface area contributed by atoms with E-state index in [-0.39, 0.29) is 18.4 Å². The van der Waals surface area contributed by atoms with Crippen LogP contribution in [-0.4, -0.2) is 41.6 Å². The number of hydrogen-bond donors (Lipinski definition) is 1. The number of rotatable bonds is 3. The highest BCUT2D eigenvalue weighted by molar-refractivity contribution is 9.10. The van der Waals surface area contributed by atoms with Crippen LogP contribution in [0.1, 0.15) is 39.2 Å². The van der Waals surface area contributed by atoms with E-state index in [0.29, 0.717) is 18.7 Å². The highest BCUT2D eigenvalue weighted by atomic mass is 79.9. The van der Waals surface area contributed by atoms with Crippen LogP contribution >= 0.6 is 15.9 Å². The first-order valence-electron chi connectivity index (χ1n) is 8.35. The van der Waals surface area contributed by atoms with Crippen LogP contribution in [0.2, 0.25) is 0 Å². The van der Waals surface area contributed by atoms with Crippen LogP contribution in [0.15, 0.2) is 22.7 Å². The zero-order valence-electron chi connectivity index (χ0n) is 14.8. The van der Waals surface area contributed by atoms with Crippen LogP contribution in [0.3, 0.4) is 0 Å². The number of piperidine rings is 1. The third kappa shape index (κ3) is 6.30. The molecule has 7 heteroatoms. The van der Waals surface area contributed by atoms with Gasteiger partial charge >= 0.3 is 6.09 Å². The molecule has 0 bridgehead atoms. The zero-order valence-corrected chi connectivity index (χ0v) is 16.4. The van der Waals surface area contributed by atoms with Crippen molar-refractivity contribution in [3.05, 3.63) is 34.1 Å². The van der Waals surface area contributed by atoms with E-state index < -0.39 is 17.5 Å². The molecule has 2 rings (SSSR count). The fourth-order valence-electron chi connectivity index (χ4n) is 2.75. The fourth-order valence-corrected chi connectivity index (χ4v) is 3.16. The molecule has 0 unspecified atom stereocenters. The maximum absolute atomic E-state index is 13.8. The Kier molecular flexibility index (Phi) is 6.43. The first-order chi connectivity index (χ1) is 11.6. The molecular weight excluding hydrogens is 391 g/mol. The summed E-state index contributed by atoms with van der Waals surface area (Å²) in [6, 6.07) is 4.41. The molecule has 0 spiro atoms. The Morgan fingerprint density at radius 2 is 2.12 bits per heavy atom. The standard InChI is InChI=1S/C18H24BrFN2O3/c1-18(2,3)25-17(24)21-14-5-4-8-22(11-14)16(23)10-12-9-13(19)6-7-15(12)20/h6-7,9,14H,4-5,8,10-11H2,1-3H3,(H,21,24)/t14-/m0/s1. The molecule has 1 N–H and O–H groups in total. The molecule has 0 aromatic heterocycles. The van der Waals surface area contributed by atoms with Gasteiger partial charge in [0.1, 0.15) is 11.4 Å². The van der Waals surface area contributed by atoms with Crippen molar-refractivity contribution in [2.75, 3.05) is 13.1 Å². The summed E-state index contributed by atoms with van der Waals surface area (Å²) in [4.78, 5) is 26.0. The molecule has 1 heterocycles. The van der Waals surface area contributed by atoms with Crippen molar-refractivity contribution in [2.24, 2.45) is 0 Å². The number of likely N-dealkylation sites (tertiary alicyclic amines) is 1. The van der Waals surface area contributed by atoms with Gasteiger partial charge < -0.3 is 15.0 Å². The number of halogens is 2. The second kappa shape index (κ2) is 8.17. The average molecular weight is 415 g/mol. The van der Waals surface area contributed by atoms with Gasteiger partial charge in [0.25, 0.3) is 0 Å². The minimum Gasteiger partial charge on any atom is -0.444 e. The SMILES string of the molecule is CC(C)(C)OC(=O)N[C@H]1CCCN(C(=O)Cc2cc(Br)ccc2F)C1. The molecule has 1 aromatic carbocycles. The lowest BCUT2D eigenvalue weighted by atomic mass is 10.0. The molecule has 2 amide bonds. The number of ether oxygens (including phenoxy) is 1. The number of alkyl carbamates (subject to hydrolysis) is 1. The van der Waals surface area contributed by atoms with E-state index in [9.17, 15) is 14.0 Å². The minimum absolute atomic E-state index is 0.00440. The average Bonchev–Trinajstić information content (AvgIpc) is 2.49. The van der Waals surface area contributed by atoms with Gasteiger partial charge in [-0.1, -0.05) is 15.9 Å². The van der Waals surface area contributed by atoms with Crippen LogP contribution in [0.4, 0.5) is 9.18 Å². The van der Waals surface area contributed by atoms with E-state index in [1.807, 2.05) is 0 Å². The minimum atomic E-state index is -0.563. The van der Waals surface area contributed by atoms with Crippen LogP contribution in [-0.2, 0) is 16.0 Å². The Hall–Kier alpha value is -1.63. The lowest BCUT2D eigenvalue weighted by Gasteiger charge is -2.33. The molecule has 138 valence electrons. The van der Waals surface area contributed by atoms with Crippen molar-refractivity contribution in [3.63, 3.8) is 0 Å². The second-order valence-electron chi connectivity index (χ2n) is 7.24. The number of nitrogens with zero attached hydrogens (tertiary/aromatic N) is 1. The summed E-state index contributed by atoms with van der Waals surface area (Å²) in [5.41, 5.74) is -0.200. The Balaban J connectivity index is 1.92. The van der Waals surface area contributed by atoms with Gasteiger partial charge in [-0.15, -0.1) is 0 Å². The Morgan fingerprint density at radius 3 is 2.80 bits per heavy atom. The van der Waals surface area contributed by atoms with Crippen LogP contribution in [0, 0.1) is 5.82 Å².